The van der Waals surface area contributed by atoms with Crippen LogP contribution in [0, 0.1) is 0 Å². The number of likely N-dealkylation sites (tertiary alicyclic amines) is 1. The predicted molar refractivity (Wildman–Crippen MR) is 117 cm³/mol. The molecule has 3 aromatic rings. The number of hydrogen-bond acceptors (Lipinski definition) is 5. The first-order valence-corrected chi connectivity index (χ1v) is 12.2. The van der Waals surface area contributed by atoms with Gasteiger partial charge in [0.1, 0.15) is 0 Å². The van der Waals surface area contributed by atoms with Gasteiger partial charge in [-0.1, -0.05) is 36.4 Å². The smallest absolute Gasteiger partial charge is 0.253 e. The van der Waals surface area contributed by atoms with Crippen LogP contribution in [0.25, 0.3) is 0 Å². The van der Waals surface area contributed by atoms with Crippen LogP contribution in [0.15, 0.2) is 71.1 Å². The Morgan fingerprint density at radius 1 is 1.17 bits per heavy atom. The second-order valence-electron chi connectivity index (χ2n) is 7.30. The summed E-state index contributed by atoms with van der Waals surface area (Å²) in [5.41, 5.74) is 1.26. The highest BCUT2D eigenvalue weighted by Crippen LogP contribution is 2.29. The van der Waals surface area contributed by atoms with E-state index in [1.807, 2.05) is 35.7 Å². The molecular weight excluding hydrogens is 418 g/mol. The Morgan fingerprint density at radius 3 is 2.77 bits per heavy atom. The lowest BCUT2D eigenvalue weighted by atomic mass is 9.98. The average Bonchev–Trinajstić information content (AvgIpc) is 3.33. The number of carbonyl (C=O) groups is 1. The molecule has 0 bridgehead atoms. The Kier molecular flexibility index (Phi) is 6.26. The minimum absolute atomic E-state index is 0.0952. The summed E-state index contributed by atoms with van der Waals surface area (Å²) < 4.78 is 28.0. The van der Waals surface area contributed by atoms with Crippen LogP contribution in [-0.4, -0.2) is 37.3 Å². The second kappa shape index (κ2) is 9.07. The molecule has 30 heavy (non-hydrogen) atoms. The van der Waals surface area contributed by atoms with Crippen LogP contribution in [0.2, 0.25) is 0 Å². The third-order valence-electron chi connectivity index (χ3n) is 5.21. The fraction of sp³-hybridized carbons (Fsp3) is 0.273. The van der Waals surface area contributed by atoms with Crippen molar-refractivity contribution in [3.63, 3.8) is 0 Å². The molecule has 1 N–H and O–H groups in total. The van der Waals surface area contributed by atoms with Gasteiger partial charge in [0.05, 0.1) is 9.90 Å². The molecule has 1 atom stereocenters. The fourth-order valence-corrected chi connectivity index (χ4v) is 5.47. The lowest BCUT2D eigenvalue weighted by Gasteiger charge is -2.32. The molecule has 1 aliphatic heterocycles. The van der Waals surface area contributed by atoms with Gasteiger partial charge in [0.2, 0.25) is 10.0 Å². The number of carbonyl (C=O) groups excluding carboxylic acids is 1. The molecular formula is C22H23N3O3S2. The van der Waals surface area contributed by atoms with E-state index in [4.69, 9.17) is 0 Å². The molecule has 156 valence electrons. The molecule has 1 unspecified atom stereocenters. The van der Waals surface area contributed by atoms with E-state index in [1.54, 1.807) is 34.6 Å². The lowest BCUT2D eigenvalue weighted by Crippen LogP contribution is -2.39. The van der Waals surface area contributed by atoms with E-state index in [9.17, 15) is 13.2 Å². The van der Waals surface area contributed by atoms with Crippen LogP contribution in [0.1, 0.15) is 39.7 Å². The summed E-state index contributed by atoms with van der Waals surface area (Å²) in [7, 11) is -3.72. The molecule has 1 aliphatic rings. The Bertz CT molecular complexity index is 1100. The predicted octanol–water partition coefficient (Wildman–Crippen LogP) is 3.64. The van der Waals surface area contributed by atoms with Gasteiger partial charge in [-0.15, -0.1) is 11.3 Å². The summed E-state index contributed by atoms with van der Waals surface area (Å²) in [4.78, 5) is 19.4. The number of nitrogens with one attached hydrogen (secondary N) is 1. The quantitative estimate of drug-likeness (QED) is 0.633. The van der Waals surface area contributed by atoms with Crippen molar-refractivity contribution in [2.45, 2.75) is 30.2 Å². The lowest BCUT2D eigenvalue weighted by molar-refractivity contribution is 0.0707. The Labute approximate surface area is 180 Å². The zero-order chi connectivity index (χ0) is 21.0. The van der Waals surface area contributed by atoms with Gasteiger partial charge in [0, 0.05) is 42.7 Å². The molecule has 8 heteroatoms. The number of nitrogens with zero attached hydrogens (tertiary/aromatic N) is 2. The van der Waals surface area contributed by atoms with Gasteiger partial charge in [-0.25, -0.2) is 18.1 Å². The molecule has 2 heterocycles. The van der Waals surface area contributed by atoms with Crippen LogP contribution in [0.5, 0.6) is 0 Å². The number of sulfonamides is 1. The van der Waals surface area contributed by atoms with Gasteiger partial charge in [0.15, 0.2) is 0 Å². The fourth-order valence-electron chi connectivity index (χ4n) is 3.64. The molecule has 0 saturated carbocycles. The number of benzene rings is 2. The van der Waals surface area contributed by atoms with Crippen molar-refractivity contribution in [2.24, 2.45) is 0 Å². The highest BCUT2D eigenvalue weighted by Gasteiger charge is 2.27. The third-order valence-corrected chi connectivity index (χ3v) is 7.55. The summed E-state index contributed by atoms with van der Waals surface area (Å²) >= 11 is 1.61. The molecule has 1 aromatic heterocycles. The highest BCUT2D eigenvalue weighted by molar-refractivity contribution is 7.89. The van der Waals surface area contributed by atoms with E-state index in [0.29, 0.717) is 18.7 Å². The maximum Gasteiger partial charge on any atom is 0.253 e. The molecule has 0 radical (unpaired) electrons. The summed E-state index contributed by atoms with van der Waals surface area (Å²) in [5.74, 6) is 0.0959. The van der Waals surface area contributed by atoms with Gasteiger partial charge in [-0.2, -0.15) is 0 Å². The van der Waals surface area contributed by atoms with Crippen LogP contribution < -0.4 is 4.72 Å². The number of piperidine rings is 1. The van der Waals surface area contributed by atoms with Crippen molar-refractivity contribution in [1.82, 2.24) is 14.6 Å². The zero-order valence-electron chi connectivity index (χ0n) is 16.4. The molecule has 2 aromatic carbocycles. The Hall–Kier alpha value is -2.55. The van der Waals surface area contributed by atoms with Crippen molar-refractivity contribution in [2.75, 3.05) is 13.1 Å². The Morgan fingerprint density at radius 2 is 2.00 bits per heavy atom. The van der Waals surface area contributed by atoms with E-state index in [0.717, 1.165) is 23.4 Å². The topological polar surface area (TPSA) is 79.4 Å². The van der Waals surface area contributed by atoms with E-state index >= 15 is 0 Å². The maximum absolute atomic E-state index is 13.1. The summed E-state index contributed by atoms with van der Waals surface area (Å²) in [6.07, 6.45) is 3.71. The largest absolute Gasteiger partial charge is 0.338 e. The van der Waals surface area contributed by atoms with Gasteiger partial charge in [-0.05, 0) is 36.6 Å². The average molecular weight is 442 g/mol. The van der Waals surface area contributed by atoms with Gasteiger partial charge < -0.3 is 4.90 Å². The normalized spacial score (nSPS) is 17.1. The summed E-state index contributed by atoms with van der Waals surface area (Å²) in [5, 5.41) is 3.00. The Balaban J connectivity index is 1.47. The summed E-state index contributed by atoms with van der Waals surface area (Å²) in [6, 6.07) is 15.6. The number of amides is 1. The van der Waals surface area contributed by atoms with Crippen molar-refractivity contribution in [1.29, 1.82) is 0 Å². The number of thiazole rings is 1. The monoisotopic (exact) mass is 441 g/mol. The summed E-state index contributed by atoms with van der Waals surface area (Å²) in [6.45, 7) is 1.47. The maximum atomic E-state index is 13.1. The molecule has 4 rings (SSSR count). The standard InChI is InChI=1S/C22H23N3O3S2/c26-22(25-12-5-9-19(16-25)21-23-11-13-29-21)18-8-4-10-20(14-18)30(27,28)24-15-17-6-2-1-3-7-17/h1-4,6-8,10-11,13-14,19,24H,5,9,12,15-16H2. The molecule has 1 amide bonds. The van der Waals surface area contributed by atoms with E-state index < -0.39 is 10.0 Å². The SMILES string of the molecule is O=C(c1cccc(S(=O)(=O)NCc2ccccc2)c1)N1CCCC(c2nccs2)C1. The van der Waals surface area contributed by atoms with Crippen molar-refractivity contribution in [3.05, 3.63) is 82.3 Å². The molecule has 1 saturated heterocycles. The number of hydrogen-bond donors (Lipinski definition) is 1. The van der Waals surface area contributed by atoms with E-state index in [1.165, 1.54) is 12.1 Å². The third kappa shape index (κ3) is 4.77. The molecule has 0 aliphatic carbocycles. The minimum Gasteiger partial charge on any atom is -0.338 e. The van der Waals surface area contributed by atoms with Crippen LogP contribution >= 0.6 is 11.3 Å². The molecule has 1 fully saturated rings. The highest BCUT2D eigenvalue weighted by atomic mass is 32.2. The first-order chi connectivity index (χ1) is 14.5. The van der Waals surface area contributed by atoms with E-state index in [2.05, 4.69) is 9.71 Å². The van der Waals surface area contributed by atoms with Gasteiger partial charge in [-0.3, -0.25) is 4.79 Å². The minimum atomic E-state index is -3.72. The number of rotatable bonds is 6. The van der Waals surface area contributed by atoms with Crippen molar-refractivity contribution >= 4 is 27.3 Å². The first-order valence-electron chi connectivity index (χ1n) is 9.85. The van der Waals surface area contributed by atoms with Crippen LogP contribution in [0.4, 0.5) is 0 Å². The van der Waals surface area contributed by atoms with Crippen LogP contribution in [0.3, 0.4) is 0 Å². The van der Waals surface area contributed by atoms with Gasteiger partial charge >= 0.3 is 0 Å². The first kappa shape index (κ1) is 20.7. The molecule has 6 nitrogen and oxygen atoms in total. The van der Waals surface area contributed by atoms with Crippen molar-refractivity contribution < 1.29 is 13.2 Å². The van der Waals surface area contributed by atoms with Gasteiger partial charge in [0.25, 0.3) is 5.91 Å². The molecule has 0 spiro atoms. The van der Waals surface area contributed by atoms with Crippen LogP contribution in [-0.2, 0) is 16.6 Å². The van der Waals surface area contributed by atoms with Crippen molar-refractivity contribution in [3.8, 4) is 0 Å². The zero-order valence-corrected chi connectivity index (χ0v) is 18.0. The second-order valence-corrected chi connectivity index (χ2v) is 9.99. The number of aromatic nitrogens is 1. The van der Waals surface area contributed by atoms with E-state index in [-0.39, 0.29) is 23.3 Å².